The van der Waals surface area contributed by atoms with Crippen LogP contribution in [0.5, 0.6) is 5.75 Å². The van der Waals surface area contributed by atoms with E-state index in [-0.39, 0.29) is 22.8 Å². The maximum absolute atomic E-state index is 13.5. The Hall–Kier alpha value is -1.36. The second-order valence-electron chi connectivity index (χ2n) is 5.59. The lowest BCUT2D eigenvalue weighted by Gasteiger charge is -2.10. The van der Waals surface area contributed by atoms with Gasteiger partial charge in [-0.2, -0.15) is 0 Å². The van der Waals surface area contributed by atoms with Crippen LogP contribution >= 0.6 is 0 Å². The smallest absolute Gasteiger partial charge is 0.259 e. The molecule has 1 heterocycles. The number of rotatable bonds is 6. The Morgan fingerprint density at radius 2 is 2.05 bits per heavy atom. The second-order valence-corrected chi connectivity index (χ2v) is 5.59. The monoisotopic (exact) mass is 370 g/mol. The van der Waals surface area contributed by atoms with Gasteiger partial charge in [-0.15, -0.1) is 0 Å². The SMILES string of the molecule is CCCn1cc[n+](Cc2cc(F)ccc2OC)c1C(C)C.[Br-]. The van der Waals surface area contributed by atoms with Gasteiger partial charge in [0.05, 0.1) is 19.6 Å². The second kappa shape index (κ2) is 8.32. The first-order valence-electron chi connectivity index (χ1n) is 7.47. The summed E-state index contributed by atoms with van der Waals surface area (Å²) in [6.45, 7) is 8.15. The third-order valence-electron chi connectivity index (χ3n) is 3.58. The van der Waals surface area contributed by atoms with E-state index in [4.69, 9.17) is 4.74 Å². The maximum Gasteiger partial charge on any atom is 0.259 e. The Kier molecular flexibility index (Phi) is 7.07. The highest BCUT2D eigenvalue weighted by atomic mass is 79.9. The van der Waals surface area contributed by atoms with E-state index < -0.39 is 0 Å². The van der Waals surface area contributed by atoms with E-state index in [0.717, 1.165) is 24.3 Å². The maximum atomic E-state index is 13.5. The van der Waals surface area contributed by atoms with Crippen LogP contribution in [0.15, 0.2) is 30.6 Å². The third kappa shape index (κ3) is 4.09. The molecule has 0 spiro atoms. The van der Waals surface area contributed by atoms with Crippen LogP contribution in [0.2, 0.25) is 0 Å². The Morgan fingerprint density at radius 3 is 2.64 bits per heavy atom. The first kappa shape index (κ1) is 18.7. The van der Waals surface area contributed by atoms with Gasteiger partial charge in [0, 0.05) is 5.56 Å². The minimum Gasteiger partial charge on any atom is -1.00 e. The van der Waals surface area contributed by atoms with Crippen molar-refractivity contribution in [3.8, 4) is 5.75 Å². The summed E-state index contributed by atoms with van der Waals surface area (Å²) >= 11 is 0. The lowest BCUT2D eigenvalue weighted by Crippen LogP contribution is -3.00. The first-order chi connectivity index (χ1) is 10.1. The molecule has 0 saturated heterocycles. The number of nitrogens with zero attached hydrogens (tertiary/aromatic N) is 2. The van der Waals surface area contributed by atoms with Crippen molar-refractivity contribution in [2.45, 2.75) is 46.2 Å². The molecule has 0 aliphatic heterocycles. The normalized spacial score (nSPS) is 10.6. The van der Waals surface area contributed by atoms with Gasteiger partial charge >= 0.3 is 0 Å². The van der Waals surface area contributed by atoms with Gasteiger partial charge in [0.25, 0.3) is 5.82 Å². The summed E-state index contributed by atoms with van der Waals surface area (Å²) in [6, 6.07) is 4.66. The quantitative estimate of drug-likeness (QED) is 0.677. The van der Waals surface area contributed by atoms with Crippen molar-refractivity contribution in [1.82, 2.24) is 4.57 Å². The molecule has 0 N–H and O–H groups in total. The number of halogens is 2. The fourth-order valence-electron chi connectivity index (χ4n) is 2.76. The molecule has 0 unspecified atom stereocenters. The van der Waals surface area contributed by atoms with Crippen molar-refractivity contribution in [1.29, 1.82) is 0 Å². The van der Waals surface area contributed by atoms with E-state index in [1.54, 1.807) is 19.2 Å². The zero-order valence-electron chi connectivity index (χ0n) is 13.6. The minimum atomic E-state index is -0.231. The van der Waals surface area contributed by atoms with Crippen molar-refractivity contribution >= 4 is 0 Å². The molecule has 0 aliphatic carbocycles. The van der Waals surface area contributed by atoms with Crippen LogP contribution in [0.25, 0.3) is 0 Å². The minimum absolute atomic E-state index is 0. The molecular weight excluding hydrogens is 347 g/mol. The lowest BCUT2D eigenvalue weighted by atomic mass is 10.1. The van der Waals surface area contributed by atoms with E-state index >= 15 is 0 Å². The van der Waals surface area contributed by atoms with Gasteiger partial charge in [0.1, 0.15) is 30.5 Å². The molecule has 0 radical (unpaired) electrons. The molecule has 0 aliphatic rings. The number of methoxy groups -OCH3 is 1. The average Bonchev–Trinajstić information content (AvgIpc) is 2.82. The van der Waals surface area contributed by atoms with Crippen molar-refractivity contribution in [2.24, 2.45) is 0 Å². The van der Waals surface area contributed by atoms with E-state index in [1.165, 1.54) is 11.9 Å². The van der Waals surface area contributed by atoms with Crippen molar-refractivity contribution in [2.75, 3.05) is 7.11 Å². The summed E-state index contributed by atoms with van der Waals surface area (Å²) in [7, 11) is 1.62. The van der Waals surface area contributed by atoms with Gasteiger partial charge in [-0.25, -0.2) is 13.5 Å². The van der Waals surface area contributed by atoms with Crippen LogP contribution in [-0.4, -0.2) is 11.7 Å². The molecule has 3 nitrogen and oxygen atoms in total. The Morgan fingerprint density at radius 1 is 1.32 bits per heavy atom. The standard InChI is InChI=1S/C17H24FN2O.BrH/c1-5-8-19-9-10-20(17(19)13(2)3)12-14-11-15(18)6-7-16(14)21-4;/h6-7,9-11,13H,5,8,12H2,1-4H3;1H/q+1;/p-1. The van der Waals surface area contributed by atoms with E-state index in [9.17, 15) is 4.39 Å². The predicted molar refractivity (Wildman–Crippen MR) is 81.1 cm³/mol. The van der Waals surface area contributed by atoms with E-state index in [0.29, 0.717) is 12.5 Å². The first-order valence-corrected chi connectivity index (χ1v) is 7.47. The Balaban J connectivity index is 0.00000242. The molecular formula is C17H24BrFN2O. The molecule has 0 amide bonds. The number of aryl methyl sites for hydroxylation is 1. The zero-order valence-corrected chi connectivity index (χ0v) is 15.2. The summed E-state index contributed by atoms with van der Waals surface area (Å²) in [4.78, 5) is 0. The molecule has 1 aromatic carbocycles. The van der Waals surface area contributed by atoms with Gasteiger partial charge in [0.2, 0.25) is 0 Å². The molecule has 1 aromatic heterocycles. The number of ether oxygens (including phenoxy) is 1. The number of hydrogen-bond donors (Lipinski definition) is 0. The van der Waals surface area contributed by atoms with Gasteiger partial charge in [-0.3, -0.25) is 0 Å². The Labute approximate surface area is 142 Å². The van der Waals surface area contributed by atoms with Gasteiger partial charge < -0.3 is 21.7 Å². The lowest BCUT2D eigenvalue weighted by molar-refractivity contribution is -0.696. The molecule has 0 atom stereocenters. The fourth-order valence-corrected chi connectivity index (χ4v) is 2.76. The molecule has 22 heavy (non-hydrogen) atoms. The summed E-state index contributed by atoms with van der Waals surface area (Å²) in [6.07, 6.45) is 5.26. The molecule has 2 aromatic rings. The summed E-state index contributed by atoms with van der Waals surface area (Å²) in [5, 5.41) is 0. The highest BCUT2D eigenvalue weighted by Gasteiger charge is 2.21. The number of benzene rings is 1. The highest BCUT2D eigenvalue weighted by Crippen LogP contribution is 2.20. The number of hydrogen-bond acceptors (Lipinski definition) is 1. The zero-order chi connectivity index (χ0) is 15.4. The van der Waals surface area contributed by atoms with Crippen molar-refractivity contribution in [3.05, 3.63) is 47.8 Å². The summed E-state index contributed by atoms with van der Waals surface area (Å²) in [5.74, 6) is 2.15. The summed E-state index contributed by atoms with van der Waals surface area (Å²) in [5.41, 5.74) is 0.860. The van der Waals surface area contributed by atoms with Crippen molar-refractivity contribution < 1.29 is 30.7 Å². The van der Waals surface area contributed by atoms with Gasteiger partial charge in [0.15, 0.2) is 0 Å². The highest BCUT2D eigenvalue weighted by molar-refractivity contribution is 5.33. The van der Waals surface area contributed by atoms with Gasteiger partial charge in [-0.1, -0.05) is 20.8 Å². The largest absolute Gasteiger partial charge is 1.00 e. The molecule has 0 fully saturated rings. The molecule has 5 heteroatoms. The molecule has 0 bridgehead atoms. The third-order valence-corrected chi connectivity index (χ3v) is 3.58. The molecule has 122 valence electrons. The van der Waals surface area contributed by atoms with Crippen LogP contribution in [0.3, 0.4) is 0 Å². The van der Waals surface area contributed by atoms with Crippen LogP contribution in [-0.2, 0) is 13.1 Å². The average molecular weight is 371 g/mol. The van der Waals surface area contributed by atoms with Crippen LogP contribution in [0.1, 0.15) is 44.5 Å². The Bertz CT molecular complexity index is 611. The number of aromatic nitrogens is 2. The van der Waals surface area contributed by atoms with Crippen LogP contribution in [0, 0.1) is 5.82 Å². The molecule has 2 rings (SSSR count). The van der Waals surface area contributed by atoms with E-state index in [1.807, 2.05) is 0 Å². The topological polar surface area (TPSA) is 18.0 Å². The molecule has 0 saturated carbocycles. The van der Waals surface area contributed by atoms with Crippen LogP contribution < -0.4 is 26.3 Å². The van der Waals surface area contributed by atoms with E-state index in [2.05, 4.69) is 42.3 Å². The number of imidazole rings is 1. The van der Waals surface area contributed by atoms with Gasteiger partial charge in [-0.05, 0) is 24.6 Å². The predicted octanol–water partition coefficient (Wildman–Crippen LogP) is 0.509. The van der Waals surface area contributed by atoms with Crippen molar-refractivity contribution in [3.63, 3.8) is 0 Å². The fraction of sp³-hybridized carbons (Fsp3) is 0.471. The van der Waals surface area contributed by atoms with Crippen LogP contribution in [0.4, 0.5) is 4.39 Å². The summed E-state index contributed by atoms with van der Waals surface area (Å²) < 4.78 is 23.3.